The summed E-state index contributed by atoms with van der Waals surface area (Å²) in [5, 5.41) is 0. The molecule has 0 bridgehead atoms. The van der Waals surface area contributed by atoms with Gasteiger partial charge >= 0.3 is 0 Å². The van der Waals surface area contributed by atoms with Crippen molar-refractivity contribution in [1.82, 2.24) is 0 Å². The first kappa shape index (κ1) is 18.2. The Bertz CT molecular complexity index is 301. The molecule has 112 valence electrons. The van der Waals surface area contributed by atoms with Crippen molar-refractivity contribution >= 4 is 5.78 Å². The Labute approximate surface area is 118 Å². The van der Waals surface area contributed by atoms with E-state index in [9.17, 15) is 4.79 Å². The fourth-order valence-corrected chi connectivity index (χ4v) is 2.88. The van der Waals surface area contributed by atoms with Crippen LogP contribution in [0.3, 0.4) is 0 Å². The van der Waals surface area contributed by atoms with Gasteiger partial charge in [0, 0.05) is 0 Å². The second-order valence-corrected chi connectivity index (χ2v) is 5.37. The molecule has 0 heterocycles. The van der Waals surface area contributed by atoms with Crippen molar-refractivity contribution in [2.24, 2.45) is 17.6 Å². The van der Waals surface area contributed by atoms with E-state index in [-0.39, 0.29) is 23.7 Å². The molecule has 3 unspecified atom stereocenters. The number of hydrogen-bond donors (Lipinski definition) is 1. The molecule has 3 heteroatoms. The quantitative estimate of drug-likeness (QED) is 0.748. The molecule has 0 aromatic carbocycles. The SMILES string of the molecule is C=C(N)C(=O)COC1(C)CC(CC)CC1CC.CC. The number of ketones is 1. The molecule has 1 rings (SSSR count). The van der Waals surface area contributed by atoms with Crippen LogP contribution in [-0.2, 0) is 9.53 Å². The minimum Gasteiger partial charge on any atom is -0.396 e. The highest BCUT2D eigenvalue weighted by Crippen LogP contribution is 2.45. The maximum Gasteiger partial charge on any atom is 0.203 e. The monoisotopic (exact) mass is 269 g/mol. The molecule has 0 radical (unpaired) electrons. The lowest BCUT2D eigenvalue weighted by Gasteiger charge is -2.31. The molecular formula is C16H31NO2. The first-order valence-corrected chi connectivity index (χ1v) is 7.54. The lowest BCUT2D eigenvalue weighted by molar-refractivity contribution is -0.129. The van der Waals surface area contributed by atoms with Gasteiger partial charge in [-0.2, -0.15) is 0 Å². The molecule has 0 saturated heterocycles. The zero-order chi connectivity index (χ0) is 15.1. The normalized spacial score (nSPS) is 29.5. The number of nitrogens with two attached hydrogens (primary N) is 1. The van der Waals surface area contributed by atoms with Crippen molar-refractivity contribution in [2.75, 3.05) is 6.61 Å². The Morgan fingerprint density at radius 1 is 1.37 bits per heavy atom. The van der Waals surface area contributed by atoms with Crippen LogP contribution in [0.25, 0.3) is 0 Å². The molecule has 1 aliphatic carbocycles. The summed E-state index contributed by atoms with van der Waals surface area (Å²) in [5.41, 5.74) is 5.28. The summed E-state index contributed by atoms with van der Waals surface area (Å²) in [6.45, 7) is 14.0. The molecule has 3 atom stereocenters. The minimum absolute atomic E-state index is 0.0682. The summed E-state index contributed by atoms with van der Waals surface area (Å²) < 4.78 is 5.86. The highest BCUT2D eigenvalue weighted by atomic mass is 16.5. The van der Waals surface area contributed by atoms with Gasteiger partial charge < -0.3 is 10.5 Å². The molecule has 19 heavy (non-hydrogen) atoms. The molecule has 2 N–H and O–H groups in total. The van der Waals surface area contributed by atoms with Gasteiger partial charge in [0.05, 0.1) is 11.3 Å². The number of carbonyl (C=O) groups excluding carboxylic acids is 1. The summed E-state index contributed by atoms with van der Waals surface area (Å²) >= 11 is 0. The maximum atomic E-state index is 11.4. The molecule has 0 amide bonds. The van der Waals surface area contributed by atoms with E-state index in [2.05, 4.69) is 27.4 Å². The van der Waals surface area contributed by atoms with Gasteiger partial charge in [0.1, 0.15) is 6.61 Å². The van der Waals surface area contributed by atoms with Crippen molar-refractivity contribution in [2.45, 2.75) is 65.9 Å². The molecule has 1 aliphatic rings. The number of Topliss-reactive ketones (excluding diaryl/α,β-unsaturated/α-hetero) is 1. The van der Waals surface area contributed by atoms with E-state index >= 15 is 0 Å². The van der Waals surface area contributed by atoms with E-state index in [0.29, 0.717) is 5.92 Å². The van der Waals surface area contributed by atoms with Crippen LogP contribution in [-0.4, -0.2) is 18.0 Å². The number of rotatable bonds is 6. The summed E-state index contributed by atoms with van der Waals surface area (Å²) in [4.78, 5) is 11.4. The molecule has 3 nitrogen and oxygen atoms in total. The average molecular weight is 269 g/mol. The van der Waals surface area contributed by atoms with Gasteiger partial charge in [-0.05, 0) is 31.6 Å². The van der Waals surface area contributed by atoms with E-state index in [1.807, 2.05) is 13.8 Å². The van der Waals surface area contributed by atoms with Gasteiger partial charge in [-0.25, -0.2) is 0 Å². The molecule has 0 aromatic heterocycles. The fourth-order valence-electron chi connectivity index (χ4n) is 2.88. The predicted molar refractivity (Wildman–Crippen MR) is 80.8 cm³/mol. The van der Waals surface area contributed by atoms with Gasteiger partial charge in [-0.3, -0.25) is 4.79 Å². The zero-order valence-electron chi connectivity index (χ0n) is 13.3. The smallest absolute Gasteiger partial charge is 0.203 e. The third-order valence-corrected chi connectivity index (χ3v) is 4.14. The van der Waals surface area contributed by atoms with Crippen LogP contribution in [0.5, 0.6) is 0 Å². The van der Waals surface area contributed by atoms with Gasteiger partial charge in [0.25, 0.3) is 0 Å². The molecule has 0 aromatic rings. The zero-order valence-corrected chi connectivity index (χ0v) is 13.3. The van der Waals surface area contributed by atoms with Gasteiger partial charge in [-0.15, -0.1) is 0 Å². The maximum absolute atomic E-state index is 11.4. The number of ether oxygens (including phenoxy) is 1. The van der Waals surface area contributed by atoms with Crippen LogP contribution in [0, 0.1) is 11.8 Å². The topological polar surface area (TPSA) is 52.3 Å². The van der Waals surface area contributed by atoms with Gasteiger partial charge in [0.15, 0.2) is 0 Å². The van der Waals surface area contributed by atoms with Crippen LogP contribution >= 0.6 is 0 Å². The van der Waals surface area contributed by atoms with Gasteiger partial charge in [0.2, 0.25) is 5.78 Å². The Kier molecular flexibility index (Phi) is 8.00. The summed E-state index contributed by atoms with van der Waals surface area (Å²) in [6, 6.07) is 0. The lowest BCUT2D eigenvalue weighted by atomic mass is 9.90. The second-order valence-electron chi connectivity index (χ2n) is 5.37. The fraction of sp³-hybridized carbons (Fsp3) is 0.812. The first-order chi connectivity index (χ1) is 8.92. The molecule has 0 aliphatic heterocycles. The molecular weight excluding hydrogens is 238 g/mol. The Morgan fingerprint density at radius 3 is 2.37 bits per heavy atom. The number of carbonyl (C=O) groups is 1. The Balaban J connectivity index is 0.00000154. The Morgan fingerprint density at radius 2 is 1.95 bits per heavy atom. The third-order valence-electron chi connectivity index (χ3n) is 4.14. The highest BCUT2D eigenvalue weighted by Gasteiger charge is 2.43. The summed E-state index contributed by atoms with van der Waals surface area (Å²) in [6.07, 6.45) is 4.55. The van der Waals surface area contributed by atoms with Crippen LogP contribution < -0.4 is 5.73 Å². The van der Waals surface area contributed by atoms with E-state index in [1.54, 1.807) is 0 Å². The molecule has 0 spiro atoms. The molecule has 1 fully saturated rings. The largest absolute Gasteiger partial charge is 0.396 e. The lowest BCUT2D eigenvalue weighted by Crippen LogP contribution is -2.35. The third kappa shape index (κ3) is 4.98. The Hall–Kier alpha value is -0.830. The predicted octanol–water partition coefficient (Wildman–Crippen LogP) is 3.68. The van der Waals surface area contributed by atoms with Crippen LogP contribution in [0.4, 0.5) is 0 Å². The average Bonchev–Trinajstić information content (AvgIpc) is 2.75. The standard InChI is InChI=1S/C14H25NO2.C2H6/c1-5-11-7-12(6-2)14(4,8-11)17-9-13(16)10(3)15;1-2/h11-12H,3,5-9,15H2,1-2,4H3;1-2H3. The summed E-state index contributed by atoms with van der Waals surface area (Å²) in [5.74, 6) is 1.08. The minimum atomic E-state index is -0.193. The van der Waals surface area contributed by atoms with Crippen LogP contribution in [0.15, 0.2) is 12.3 Å². The van der Waals surface area contributed by atoms with E-state index in [0.717, 1.165) is 18.8 Å². The van der Waals surface area contributed by atoms with Crippen LogP contribution in [0.1, 0.15) is 60.3 Å². The van der Waals surface area contributed by atoms with Crippen molar-refractivity contribution in [3.05, 3.63) is 12.3 Å². The summed E-state index contributed by atoms with van der Waals surface area (Å²) in [7, 11) is 0. The van der Waals surface area contributed by atoms with Crippen molar-refractivity contribution in [1.29, 1.82) is 0 Å². The van der Waals surface area contributed by atoms with Gasteiger partial charge in [-0.1, -0.05) is 47.1 Å². The highest BCUT2D eigenvalue weighted by molar-refractivity contribution is 5.94. The van der Waals surface area contributed by atoms with Crippen LogP contribution in [0.2, 0.25) is 0 Å². The van der Waals surface area contributed by atoms with Crippen molar-refractivity contribution in [3.63, 3.8) is 0 Å². The number of hydrogen-bond acceptors (Lipinski definition) is 3. The first-order valence-electron chi connectivity index (χ1n) is 7.54. The van der Waals surface area contributed by atoms with E-state index in [1.165, 1.54) is 12.8 Å². The van der Waals surface area contributed by atoms with Crippen molar-refractivity contribution < 1.29 is 9.53 Å². The van der Waals surface area contributed by atoms with E-state index in [4.69, 9.17) is 10.5 Å². The van der Waals surface area contributed by atoms with E-state index < -0.39 is 0 Å². The van der Waals surface area contributed by atoms with Crippen molar-refractivity contribution in [3.8, 4) is 0 Å². The second kappa shape index (κ2) is 8.36. The molecule has 1 saturated carbocycles.